The molecule has 1 aliphatic rings. The smallest absolute Gasteiger partial charge is 0.347 e. The predicted molar refractivity (Wildman–Crippen MR) is 104 cm³/mol. The standard InChI is InChI=1S/C19H23FN6O2/c1-21-18-15(20)6-5-7-16(18)25-12-10-24(11-13-25)8-3-4-9-26-19(28)23(2)17(27)14-22-26/h5-7,14H,3-4,8-13H2,2H3/i20-1. The number of piperazine rings is 1. The van der Waals surface area contributed by atoms with Crippen LogP contribution in [0.2, 0.25) is 0 Å². The zero-order valence-corrected chi connectivity index (χ0v) is 15.8. The van der Waals surface area contributed by atoms with E-state index in [4.69, 9.17) is 6.57 Å². The van der Waals surface area contributed by atoms with Gasteiger partial charge in [-0.3, -0.25) is 14.3 Å². The molecule has 8 nitrogen and oxygen atoms in total. The Labute approximate surface area is 162 Å². The van der Waals surface area contributed by atoms with Crippen LogP contribution in [0.5, 0.6) is 0 Å². The molecule has 1 aromatic heterocycles. The van der Waals surface area contributed by atoms with E-state index in [-0.39, 0.29) is 5.69 Å². The molecule has 0 bridgehead atoms. The van der Waals surface area contributed by atoms with E-state index in [9.17, 15) is 14.0 Å². The maximum atomic E-state index is 13.8. The van der Waals surface area contributed by atoms with E-state index in [1.165, 1.54) is 17.8 Å². The molecule has 2 aromatic rings. The molecule has 1 fully saturated rings. The van der Waals surface area contributed by atoms with Crippen LogP contribution in [-0.4, -0.2) is 52.0 Å². The Morgan fingerprint density at radius 3 is 2.57 bits per heavy atom. The average molecular weight is 385 g/mol. The fourth-order valence-electron chi connectivity index (χ4n) is 3.36. The Morgan fingerprint density at radius 1 is 1.14 bits per heavy atom. The summed E-state index contributed by atoms with van der Waals surface area (Å²) in [4.78, 5) is 31.0. The molecule has 2 heterocycles. The van der Waals surface area contributed by atoms with E-state index in [1.54, 1.807) is 12.1 Å². The van der Waals surface area contributed by atoms with Gasteiger partial charge >= 0.3 is 5.69 Å². The van der Waals surface area contributed by atoms with Crippen molar-refractivity contribution in [2.45, 2.75) is 19.4 Å². The van der Waals surface area contributed by atoms with Crippen molar-refractivity contribution in [1.29, 1.82) is 0 Å². The first-order valence-corrected chi connectivity index (χ1v) is 9.27. The maximum Gasteiger partial charge on any atom is 0.347 e. The molecule has 0 amide bonds. The molecule has 3 rings (SSSR count). The maximum absolute atomic E-state index is 13.8. The third-order valence-electron chi connectivity index (χ3n) is 5.03. The van der Waals surface area contributed by atoms with Crippen LogP contribution in [0, 0.1) is 12.4 Å². The molecule has 0 aliphatic carbocycles. The van der Waals surface area contributed by atoms with Crippen LogP contribution >= 0.6 is 0 Å². The highest BCUT2D eigenvalue weighted by Gasteiger charge is 2.20. The fourth-order valence-corrected chi connectivity index (χ4v) is 3.36. The van der Waals surface area contributed by atoms with Crippen molar-refractivity contribution in [3.05, 3.63) is 62.5 Å². The van der Waals surface area contributed by atoms with Crippen molar-refractivity contribution >= 4 is 11.4 Å². The number of unbranched alkanes of at least 4 members (excludes halogenated alkanes) is 1. The summed E-state index contributed by atoms with van der Waals surface area (Å²) in [6, 6.07) is 4.75. The quantitative estimate of drug-likeness (QED) is 0.553. The molecule has 1 aromatic carbocycles. The minimum Gasteiger partial charge on any atom is -0.378 e. The number of hydrogen-bond acceptors (Lipinski definition) is 5. The van der Waals surface area contributed by atoms with Crippen molar-refractivity contribution in [2.75, 3.05) is 37.6 Å². The van der Waals surface area contributed by atoms with Gasteiger partial charge in [-0.15, -0.1) is 0 Å². The molecule has 0 unspecified atom stereocenters. The first-order valence-electron chi connectivity index (χ1n) is 9.27. The Bertz CT molecular complexity index is 985. The van der Waals surface area contributed by atoms with Crippen molar-refractivity contribution in [1.82, 2.24) is 19.2 Å². The monoisotopic (exact) mass is 385 g/mol. The first-order chi connectivity index (χ1) is 13.5. The Morgan fingerprint density at radius 2 is 1.86 bits per heavy atom. The van der Waals surface area contributed by atoms with Gasteiger partial charge in [-0.1, -0.05) is 6.07 Å². The summed E-state index contributed by atoms with van der Waals surface area (Å²) in [5.41, 5.74) is -0.0495. The molecule has 0 spiro atoms. The largest absolute Gasteiger partial charge is 0.378 e. The Kier molecular flexibility index (Phi) is 6.21. The molecule has 148 valence electrons. The molecular weight excluding hydrogens is 362 g/mol. The van der Waals surface area contributed by atoms with E-state index in [2.05, 4.69) is 19.7 Å². The van der Waals surface area contributed by atoms with Gasteiger partial charge in [0.25, 0.3) is 5.56 Å². The number of aryl methyl sites for hydroxylation is 1. The molecular formula is C19H23FN6O2. The third-order valence-corrected chi connectivity index (χ3v) is 5.03. The molecule has 9 heteroatoms. The van der Waals surface area contributed by atoms with Gasteiger partial charge in [-0.05, 0) is 31.5 Å². The lowest BCUT2D eigenvalue weighted by atomic mass is 10.2. The first kappa shape index (κ1) is 19.8. The lowest BCUT2D eigenvalue weighted by Crippen LogP contribution is -2.46. The molecule has 28 heavy (non-hydrogen) atoms. The number of halogens is 1. The highest BCUT2D eigenvalue weighted by molar-refractivity contribution is 5.71. The topological polar surface area (TPSA) is 67.7 Å². The number of rotatable bonds is 6. The molecule has 0 N–H and O–H groups in total. The molecule has 0 atom stereocenters. The van der Waals surface area contributed by atoms with Crippen LogP contribution in [0.4, 0.5) is 15.8 Å². The summed E-state index contributed by atoms with van der Waals surface area (Å²) in [6.45, 7) is 11.7. The summed E-state index contributed by atoms with van der Waals surface area (Å²) >= 11 is 0. The zero-order valence-electron chi connectivity index (χ0n) is 15.8. The molecule has 0 saturated carbocycles. The third kappa shape index (κ3) is 4.28. The van der Waals surface area contributed by atoms with Crippen LogP contribution < -0.4 is 16.1 Å². The van der Waals surface area contributed by atoms with E-state index >= 15 is 0 Å². The molecule has 1 aliphatic heterocycles. The summed E-state index contributed by atoms with van der Waals surface area (Å²) in [6.07, 6.45) is 2.85. The van der Waals surface area contributed by atoms with Crippen molar-refractivity contribution in [3.63, 3.8) is 0 Å². The van der Waals surface area contributed by atoms with E-state index in [0.717, 1.165) is 56.3 Å². The minimum absolute atomic E-state index is 0.0890. The highest BCUT2D eigenvalue weighted by Crippen LogP contribution is 2.32. The minimum atomic E-state index is -0.475. The van der Waals surface area contributed by atoms with Crippen LogP contribution in [0.15, 0.2) is 34.0 Å². The van der Waals surface area contributed by atoms with Gasteiger partial charge in [-0.2, -0.15) is 5.10 Å². The second kappa shape index (κ2) is 8.80. The average Bonchev–Trinajstić information content (AvgIpc) is 2.71. The van der Waals surface area contributed by atoms with Gasteiger partial charge < -0.3 is 4.90 Å². The van der Waals surface area contributed by atoms with Gasteiger partial charge in [0.2, 0.25) is 5.69 Å². The number of hydrogen-bond donors (Lipinski definition) is 0. The second-order valence-corrected chi connectivity index (χ2v) is 6.80. The van der Waals surface area contributed by atoms with Gasteiger partial charge in [0.05, 0.1) is 6.57 Å². The van der Waals surface area contributed by atoms with Gasteiger partial charge in [-0.25, -0.2) is 18.7 Å². The summed E-state index contributed by atoms with van der Waals surface area (Å²) in [5.74, 6) is -0.475. The number of para-hydroxylation sites is 1. The summed E-state index contributed by atoms with van der Waals surface area (Å²) in [7, 11) is 1.44. The summed E-state index contributed by atoms with van der Waals surface area (Å²) < 4.78 is 16.2. The second-order valence-electron chi connectivity index (χ2n) is 6.80. The zero-order chi connectivity index (χ0) is 20.1. The summed E-state index contributed by atoms with van der Waals surface area (Å²) in [5, 5.41) is 3.89. The predicted octanol–water partition coefficient (Wildman–Crippen LogP) is 1.23. The SMILES string of the molecule is [C-]#[N+]c1c([18F])cccc1N1CCN(CCCCn2ncc(=O)n(C)c2=O)CC1. The number of benzene rings is 1. The number of aromatic nitrogens is 3. The van der Waals surface area contributed by atoms with Crippen molar-refractivity contribution in [2.24, 2.45) is 7.05 Å². The van der Waals surface area contributed by atoms with Gasteiger partial charge in [0, 0.05) is 45.5 Å². The van der Waals surface area contributed by atoms with E-state index in [0.29, 0.717) is 12.2 Å². The van der Waals surface area contributed by atoms with Crippen LogP contribution in [0.1, 0.15) is 12.8 Å². The molecule has 1 saturated heterocycles. The van der Waals surface area contributed by atoms with Gasteiger partial charge in [0.15, 0.2) is 0 Å². The van der Waals surface area contributed by atoms with Crippen LogP contribution in [-0.2, 0) is 13.6 Å². The normalized spacial score (nSPS) is 14.8. The molecule has 0 radical (unpaired) electrons. The number of anilines is 1. The number of nitrogens with zero attached hydrogens (tertiary/aromatic N) is 6. The fraction of sp³-hybridized carbons (Fsp3) is 0.474. The van der Waals surface area contributed by atoms with Crippen molar-refractivity contribution in [3.8, 4) is 0 Å². The Hall–Kier alpha value is -2.99. The van der Waals surface area contributed by atoms with E-state index < -0.39 is 17.1 Å². The lowest BCUT2D eigenvalue weighted by Gasteiger charge is -2.36. The van der Waals surface area contributed by atoms with Gasteiger partial charge in [0.1, 0.15) is 12.0 Å². The van der Waals surface area contributed by atoms with Crippen LogP contribution in [0.3, 0.4) is 0 Å². The van der Waals surface area contributed by atoms with Crippen molar-refractivity contribution < 1.29 is 4.39 Å². The lowest BCUT2D eigenvalue weighted by molar-refractivity contribution is 0.250. The van der Waals surface area contributed by atoms with Crippen LogP contribution in [0.25, 0.3) is 4.85 Å². The Balaban J connectivity index is 1.46. The van der Waals surface area contributed by atoms with E-state index in [1.807, 2.05) is 0 Å². The highest BCUT2D eigenvalue weighted by atomic mass is 18.2.